The number of amides is 2. The zero-order chi connectivity index (χ0) is 23.6. The molecule has 2 amide bonds. The van der Waals surface area contributed by atoms with Crippen molar-refractivity contribution in [2.45, 2.75) is 39.7 Å². The number of nitrogens with two attached hydrogens (primary N) is 1. The molecule has 0 heterocycles. The van der Waals surface area contributed by atoms with Crippen molar-refractivity contribution in [2.75, 3.05) is 38.8 Å². The van der Waals surface area contributed by atoms with E-state index in [0.29, 0.717) is 0 Å². The van der Waals surface area contributed by atoms with E-state index in [2.05, 4.69) is 40.7 Å². The molecule has 0 aliphatic carbocycles. The second-order valence-electron chi connectivity index (χ2n) is 7.15. The number of benzene rings is 1. The number of unbranched alkanes of at least 4 members (excludes halogenated alkanes) is 1. The Morgan fingerprint density at radius 2 is 1.77 bits per heavy atom. The molecule has 176 valence electrons. The number of aryl methyl sites for hydroxylation is 1. The summed E-state index contributed by atoms with van der Waals surface area (Å²) in [5, 5.41) is 4.85. The van der Waals surface area contributed by atoms with Gasteiger partial charge in [0.05, 0.1) is 20.3 Å². The molecule has 1 unspecified atom stereocenters. The number of carbonyl (C=O) groups excluding carboxylic acids is 3. The van der Waals surface area contributed by atoms with Crippen LogP contribution in [0.3, 0.4) is 0 Å². The largest absolute Gasteiger partial charge is 0.494 e. The Balaban J connectivity index is 0.000000590. The molecular weight excluding hydrogens is 418 g/mol. The molecule has 31 heavy (non-hydrogen) atoms. The van der Waals surface area contributed by atoms with Crippen LogP contribution in [0.1, 0.15) is 32.3 Å². The van der Waals surface area contributed by atoms with E-state index in [-0.39, 0.29) is 19.0 Å². The first kappa shape index (κ1) is 28.7. The number of esters is 1. The molecule has 8 nitrogen and oxygen atoms in total. The first-order valence-electron chi connectivity index (χ1n) is 10.3. The van der Waals surface area contributed by atoms with Gasteiger partial charge in [-0.25, -0.2) is 0 Å². The Morgan fingerprint density at radius 3 is 2.29 bits per heavy atom. The summed E-state index contributed by atoms with van der Waals surface area (Å²) in [7, 11) is 1.23. The van der Waals surface area contributed by atoms with Crippen molar-refractivity contribution < 1.29 is 23.9 Å². The zero-order valence-corrected chi connectivity index (χ0v) is 20.1. The zero-order valence-electron chi connectivity index (χ0n) is 19.2. The highest BCUT2D eigenvalue weighted by Gasteiger charge is 2.23. The van der Waals surface area contributed by atoms with Crippen molar-refractivity contribution in [1.29, 1.82) is 0 Å². The van der Waals surface area contributed by atoms with Gasteiger partial charge in [0, 0.05) is 0 Å². The van der Waals surface area contributed by atoms with E-state index in [0.717, 1.165) is 18.8 Å². The van der Waals surface area contributed by atoms with Gasteiger partial charge in [-0.3, -0.25) is 14.4 Å². The molecular formula is C22H37N3O5S. The van der Waals surface area contributed by atoms with Gasteiger partial charge in [-0.05, 0) is 49.8 Å². The Labute approximate surface area is 190 Å². The van der Waals surface area contributed by atoms with Gasteiger partial charge in [-0.1, -0.05) is 31.5 Å². The van der Waals surface area contributed by atoms with Crippen LogP contribution in [0.5, 0.6) is 5.75 Å². The maximum atomic E-state index is 11.7. The third kappa shape index (κ3) is 14.4. The highest BCUT2D eigenvalue weighted by molar-refractivity contribution is 7.98. The van der Waals surface area contributed by atoms with Crippen molar-refractivity contribution in [1.82, 2.24) is 10.6 Å². The van der Waals surface area contributed by atoms with Crippen LogP contribution in [0.4, 0.5) is 0 Å². The van der Waals surface area contributed by atoms with E-state index in [1.807, 2.05) is 23.9 Å². The standard InChI is InChI=1S/C12H18OS.C10H19N3O4/c1-11-5-7-12(8-6-11)13-9-3-4-10-14-2;1-6(2)9(13-7(14)4-11)10(16)12-5-8(15)17-3/h5-8H,3-4,9-10H2,1-2H3;6,9H,4-5,11H2,1-3H3,(H,12,16)(H,13,14). The third-order valence-electron chi connectivity index (χ3n) is 4.12. The summed E-state index contributed by atoms with van der Waals surface area (Å²) in [6.45, 7) is 6.06. The van der Waals surface area contributed by atoms with E-state index in [1.165, 1.54) is 24.8 Å². The summed E-state index contributed by atoms with van der Waals surface area (Å²) >= 11 is 1.89. The number of methoxy groups -OCH3 is 1. The van der Waals surface area contributed by atoms with Gasteiger partial charge in [-0.15, -0.1) is 0 Å². The predicted octanol–water partition coefficient (Wildman–Crippen LogP) is 1.89. The van der Waals surface area contributed by atoms with Crippen LogP contribution < -0.4 is 21.1 Å². The van der Waals surface area contributed by atoms with Crippen LogP contribution in [0.15, 0.2) is 24.3 Å². The van der Waals surface area contributed by atoms with Crippen molar-refractivity contribution in [3.8, 4) is 5.75 Å². The Hall–Kier alpha value is -2.26. The van der Waals surface area contributed by atoms with Crippen LogP contribution in [-0.4, -0.2) is 62.6 Å². The van der Waals surface area contributed by atoms with E-state index in [4.69, 9.17) is 10.5 Å². The lowest BCUT2D eigenvalue weighted by atomic mass is 10.0. The third-order valence-corrected chi connectivity index (χ3v) is 4.82. The second kappa shape index (κ2) is 17.4. The molecule has 0 fully saturated rings. The maximum absolute atomic E-state index is 11.7. The number of thioether (sulfide) groups is 1. The van der Waals surface area contributed by atoms with Gasteiger partial charge in [0.2, 0.25) is 11.8 Å². The number of hydrogen-bond donors (Lipinski definition) is 3. The average Bonchev–Trinajstić information content (AvgIpc) is 2.76. The average molecular weight is 456 g/mol. The van der Waals surface area contributed by atoms with Gasteiger partial charge in [-0.2, -0.15) is 11.8 Å². The number of rotatable bonds is 12. The molecule has 0 spiro atoms. The van der Waals surface area contributed by atoms with Crippen LogP contribution in [0.2, 0.25) is 0 Å². The summed E-state index contributed by atoms with van der Waals surface area (Å²) in [5.74, 6) is 0.704. The summed E-state index contributed by atoms with van der Waals surface area (Å²) in [6.07, 6.45) is 4.53. The fourth-order valence-electron chi connectivity index (χ4n) is 2.28. The van der Waals surface area contributed by atoms with Crippen molar-refractivity contribution in [3.05, 3.63) is 29.8 Å². The fourth-order valence-corrected chi connectivity index (χ4v) is 2.77. The lowest BCUT2D eigenvalue weighted by Gasteiger charge is -2.21. The van der Waals surface area contributed by atoms with Gasteiger partial charge < -0.3 is 25.8 Å². The van der Waals surface area contributed by atoms with Crippen LogP contribution >= 0.6 is 11.8 Å². The van der Waals surface area contributed by atoms with Crippen molar-refractivity contribution in [2.24, 2.45) is 11.7 Å². The van der Waals surface area contributed by atoms with E-state index >= 15 is 0 Å². The van der Waals surface area contributed by atoms with E-state index in [9.17, 15) is 14.4 Å². The summed E-state index contributed by atoms with van der Waals surface area (Å²) in [5.41, 5.74) is 6.42. The quantitative estimate of drug-likeness (QED) is 0.325. The minimum Gasteiger partial charge on any atom is -0.494 e. The highest BCUT2D eigenvalue weighted by atomic mass is 32.2. The number of hydrogen-bond acceptors (Lipinski definition) is 7. The summed E-state index contributed by atoms with van der Waals surface area (Å²) in [6, 6.07) is 7.51. The Morgan fingerprint density at radius 1 is 1.13 bits per heavy atom. The van der Waals surface area contributed by atoms with E-state index < -0.39 is 23.8 Å². The normalized spacial score (nSPS) is 11.1. The molecule has 0 aliphatic heterocycles. The molecule has 1 aromatic rings. The van der Waals surface area contributed by atoms with Gasteiger partial charge in [0.1, 0.15) is 18.3 Å². The second-order valence-corrected chi connectivity index (χ2v) is 8.13. The molecule has 0 saturated carbocycles. The molecule has 0 radical (unpaired) electrons. The monoisotopic (exact) mass is 455 g/mol. The van der Waals surface area contributed by atoms with E-state index in [1.54, 1.807) is 13.8 Å². The van der Waals surface area contributed by atoms with Crippen LogP contribution in [0.25, 0.3) is 0 Å². The molecule has 1 aromatic carbocycles. The molecule has 4 N–H and O–H groups in total. The molecule has 0 bridgehead atoms. The lowest BCUT2D eigenvalue weighted by molar-refractivity contribution is -0.141. The predicted molar refractivity (Wildman–Crippen MR) is 125 cm³/mol. The molecule has 9 heteroatoms. The van der Waals surface area contributed by atoms with Gasteiger partial charge >= 0.3 is 5.97 Å². The molecule has 0 saturated heterocycles. The lowest BCUT2D eigenvalue weighted by Crippen LogP contribution is -2.51. The Bertz CT molecular complexity index is 653. The maximum Gasteiger partial charge on any atom is 0.325 e. The van der Waals surface area contributed by atoms with Crippen LogP contribution in [-0.2, 0) is 19.1 Å². The smallest absolute Gasteiger partial charge is 0.325 e. The number of ether oxygens (including phenoxy) is 2. The fraction of sp³-hybridized carbons (Fsp3) is 0.591. The van der Waals surface area contributed by atoms with Crippen molar-refractivity contribution >= 4 is 29.5 Å². The minimum atomic E-state index is -0.712. The van der Waals surface area contributed by atoms with Crippen molar-refractivity contribution in [3.63, 3.8) is 0 Å². The topological polar surface area (TPSA) is 120 Å². The number of carbonyl (C=O) groups is 3. The number of nitrogens with one attached hydrogen (secondary N) is 2. The van der Waals surface area contributed by atoms with Crippen LogP contribution in [0, 0.1) is 12.8 Å². The summed E-state index contributed by atoms with van der Waals surface area (Å²) in [4.78, 5) is 33.6. The summed E-state index contributed by atoms with van der Waals surface area (Å²) < 4.78 is 9.98. The SMILES string of the molecule is COC(=O)CNC(=O)C(NC(=O)CN)C(C)C.CSCCCCOc1ccc(C)cc1. The molecule has 1 atom stereocenters. The van der Waals surface area contributed by atoms with Gasteiger partial charge in [0.15, 0.2) is 0 Å². The first-order chi connectivity index (χ1) is 14.7. The first-order valence-corrected chi connectivity index (χ1v) is 11.7. The molecule has 1 rings (SSSR count). The molecule has 0 aromatic heterocycles. The van der Waals surface area contributed by atoms with Gasteiger partial charge in [0.25, 0.3) is 0 Å². The highest BCUT2D eigenvalue weighted by Crippen LogP contribution is 2.12. The molecule has 0 aliphatic rings. The minimum absolute atomic E-state index is 0.108. The Kier molecular flexibility index (Phi) is 16.2.